The van der Waals surface area contributed by atoms with Crippen molar-refractivity contribution in [2.75, 3.05) is 50.0 Å². The molecule has 0 atom stereocenters. The molecule has 0 saturated heterocycles. The fourth-order valence-electron chi connectivity index (χ4n) is 2.31. The summed E-state index contributed by atoms with van der Waals surface area (Å²) >= 11 is 0. The zero-order chi connectivity index (χ0) is 15.0. The molecule has 0 aliphatic heterocycles. The zero-order valence-corrected chi connectivity index (χ0v) is 13.6. The van der Waals surface area contributed by atoms with Gasteiger partial charge in [-0.15, -0.1) is 0 Å². The molecule has 0 aliphatic rings. The Morgan fingerprint density at radius 2 is 1.80 bits per heavy atom. The number of anilines is 2. The van der Waals surface area contributed by atoms with Crippen molar-refractivity contribution in [2.45, 2.75) is 34.1 Å². The van der Waals surface area contributed by atoms with Crippen molar-refractivity contribution in [3.8, 4) is 0 Å². The van der Waals surface area contributed by atoms with Crippen LogP contribution in [0.1, 0.15) is 32.8 Å². The lowest BCUT2D eigenvalue weighted by Gasteiger charge is -2.25. The van der Waals surface area contributed by atoms with E-state index in [9.17, 15) is 0 Å². The second-order valence-corrected chi connectivity index (χ2v) is 4.91. The van der Waals surface area contributed by atoms with Crippen molar-refractivity contribution in [1.29, 1.82) is 0 Å². The predicted octanol–water partition coefficient (Wildman–Crippen LogP) is 2.38. The van der Waals surface area contributed by atoms with Gasteiger partial charge in [-0.25, -0.2) is 4.98 Å². The van der Waals surface area contributed by atoms with E-state index in [4.69, 9.17) is 0 Å². The van der Waals surface area contributed by atoms with Crippen molar-refractivity contribution in [1.82, 2.24) is 14.9 Å². The van der Waals surface area contributed by atoms with E-state index in [1.54, 1.807) is 0 Å². The van der Waals surface area contributed by atoms with E-state index in [0.717, 1.165) is 50.5 Å². The first-order chi connectivity index (χ1) is 9.65. The highest BCUT2D eigenvalue weighted by molar-refractivity contribution is 5.48. The van der Waals surface area contributed by atoms with Crippen LogP contribution < -0.4 is 10.2 Å². The quantitative estimate of drug-likeness (QED) is 0.752. The molecule has 114 valence electrons. The topological polar surface area (TPSA) is 44.3 Å². The van der Waals surface area contributed by atoms with Crippen LogP contribution in [0.15, 0.2) is 6.20 Å². The van der Waals surface area contributed by atoms with Crippen LogP contribution >= 0.6 is 0 Å². The van der Waals surface area contributed by atoms with Crippen LogP contribution in [0.25, 0.3) is 0 Å². The molecule has 1 heterocycles. The molecule has 0 fully saturated rings. The van der Waals surface area contributed by atoms with Crippen molar-refractivity contribution in [3.63, 3.8) is 0 Å². The first-order valence-electron chi connectivity index (χ1n) is 7.64. The van der Waals surface area contributed by atoms with Crippen LogP contribution in [0.4, 0.5) is 11.8 Å². The number of hydrogen-bond acceptors (Lipinski definition) is 5. The van der Waals surface area contributed by atoms with E-state index in [0.29, 0.717) is 5.95 Å². The lowest BCUT2D eigenvalue weighted by molar-refractivity contribution is 0.300. The Morgan fingerprint density at radius 3 is 2.35 bits per heavy atom. The minimum Gasteiger partial charge on any atom is -0.357 e. The van der Waals surface area contributed by atoms with Gasteiger partial charge in [-0.2, -0.15) is 4.98 Å². The third-order valence-corrected chi connectivity index (χ3v) is 3.65. The number of rotatable bonds is 9. The summed E-state index contributed by atoms with van der Waals surface area (Å²) in [7, 11) is 1.85. The molecule has 0 radical (unpaired) electrons. The molecule has 20 heavy (non-hydrogen) atoms. The van der Waals surface area contributed by atoms with Crippen molar-refractivity contribution in [2.24, 2.45) is 0 Å². The fourth-order valence-corrected chi connectivity index (χ4v) is 2.31. The molecule has 0 aromatic carbocycles. The first-order valence-corrected chi connectivity index (χ1v) is 7.64. The van der Waals surface area contributed by atoms with Gasteiger partial charge in [0.25, 0.3) is 0 Å². The third kappa shape index (κ3) is 4.63. The Balaban J connectivity index is 2.66. The molecule has 1 aromatic rings. The summed E-state index contributed by atoms with van der Waals surface area (Å²) in [5.74, 6) is 1.74. The minimum atomic E-state index is 0.688. The second kappa shape index (κ2) is 8.74. The summed E-state index contributed by atoms with van der Waals surface area (Å²) in [5.41, 5.74) is 1.13. The zero-order valence-electron chi connectivity index (χ0n) is 13.6. The fraction of sp³-hybridized carbons (Fsp3) is 0.733. The average molecular weight is 279 g/mol. The van der Waals surface area contributed by atoms with Gasteiger partial charge in [0.2, 0.25) is 5.95 Å². The summed E-state index contributed by atoms with van der Waals surface area (Å²) in [5, 5.41) is 3.01. The van der Waals surface area contributed by atoms with E-state index in [2.05, 4.69) is 52.8 Å². The van der Waals surface area contributed by atoms with Gasteiger partial charge in [0.1, 0.15) is 5.82 Å². The van der Waals surface area contributed by atoms with Crippen LogP contribution in [0, 0.1) is 6.92 Å². The molecule has 0 amide bonds. The predicted molar refractivity (Wildman–Crippen MR) is 86.6 cm³/mol. The normalized spacial score (nSPS) is 10.9. The van der Waals surface area contributed by atoms with Gasteiger partial charge in [-0.3, -0.25) is 0 Å². The highest BCUT2D eigenvalue weighted by Crippen LogP contribution is 2.18. The maximum Gasteiger partial charge on any atom is 0.224 e. The molecular weight excluding hydrogens is 250 g/mol. The molecule has 1 rings (SSSR count). The lowest BCUT2D eigenvalue weighted by Crippen LogP contribution is -2.31. The van der Waals surface area contributed by atoms with Crippen LogP contribution in [0.5, 0.6) is 0 Å². The molecule has 0 bridgehead atoms. The number of nitrogens with zero attached hydrogens (tertiary/aromatic N) is 4. The largest absolute Gasteiger partial charge is 0.357 e. The number of aryl methyl sites for hydroxylation is 1. The van der Waals surface area contributed by atoms with Gasteiger partial charge in [0.15, 0.2) is 0 Å². The standard InChI is InChI=1S/C15H29N5/c1-6-19(7-2)10-9-11-20(8-3)14-13(4)12-17-15(16-5)18-14/h12H,6-11H2,1-5H3,(H,16,17,18). The van der Waals surface area contributed by atoms with Gasteiger partial charge in [0, 0.05) is 31.9 Å². The van der Waals surface area contributed by atoms with Crippen LogP contribution in [0.2, 0.25) is 0 Å². The highest BCUT2D eigenvalue weighted by atomic mass is 15.2. The molecular formula is C15H29N5. The first kappa shape index (κ1) is 16.7. The lowest BCUT2D eigenvalue weighted by atomic mass is 10.3. The van der Waals surface area contributed by atoms with Gasteiger partial charge >= 0.3 is 0 Å². The summed E-state index contributed by atoms with van der Waals surface area (Å²) in [4.78, 5) is 13.6. The number of aromatic nitrogens is 2. The van der Waals surface area contributed by atoms with Gasteiger partial charge in [-0.1, -0.05) is 13.8 Å². The Bertz CT molecular complexity index is 390. The van der Waals surface area contributed by atoms with E-state index < -0.39 is 0 Å². The second-order valence-electron chi connectivity index (χ2n) is 4.91. The third-order valence-electron chi connectivity index (χ3n) is 3.65. The molecule has 0 aliphatic carbocycles. The van der Waals surface area contributed by atoms with Gasteiger partial charge in [0.05, 0.1) is 0 Å². The maximum absolute atomic E-state index is 4.59. The molecule has 0 unspecified atom stereocenters. The summed E-state index contributed by atoms with van der Waals surface area (Å²) in [6, 6.07) is 0. The molecule has 5 nitrogen and oxygen atoms in total. The van der Waals surface area contributed by atoms with Crippen molar-refractivity contribution < 1.29 is 0 Å². The molecule has 0 spiro atoms. The van der Waals surface area contributed by atoms with Crippen LogP contribution in [0.3, 0.4) is 0 Å². The van der Waals surface area contributed by atoms with E-state index >= 15 is 0 Å². The smallest absolute Gasteiger partial charge is 0.224 e. The number of hydrogen-bond donors (Lipinski definition) is 1. The summed E-state index contributed by atoms with van der Waals surface area (Å²) < 4.78 is 0. The molecule has 1 N–H and O–H groups in total. The van der Waals surface area contributed by atoms with E-state index in [1.807, 2.05) is 13.2 Å². The van der Waals surface area contributed by atoms with E-state index in [1.165, 1.54) is 0 Å². The molecule has 1 aromatic heterocycles. The average Bonchev–Trinajstić information content (AvgIpc) is 2.49. The maximum atomic E-state index is 4.59. The van der Waals surface area contributed by atoms with Crippen LogP contribution in [-0.2, 0) is 0 Å². The monoisotopic (exact) mass is 279 g/mol. The minimum absolute atomic E-state index is 0.688. The van der Waals surface area contributed by atoms with Gasteiger partial charge < -0.3 is 15.1 Å². The molecule has 5 heteroatoms. The highest BCUT2D eigenvalue weighted by Gasteiger charge is 2.11. The van der Waals surface area contributed by atoms with Crippen molar-refractivity contribution in [3.05, 3.63) is 11.8 Å². The summed E-state index contributed by atoms with van der Waals surface area (Å²) in [6.45, 7) is 14.1. The summed E-state index contributed by atoms with van der Waals surface area (Å²) in [6.07, 6.45) is 3.05. The number of nitrogens with one attached hydrogen (secondary N) is 1. The Labute approximate surface area is 123 Å². The Morgan fingerprint density at radius 1 is 1.10 bits per heavy atom. The Kier molecular flexibility index (Phi) is 7.30. The van der Waals surface area contributed by atoms with Crippen LogP contribution in [-0.4, -0.2) is 54.6 Å². The van der Waals surface area contributed by atoms with Crippen molar-refractivity contribution >= 4 is 11.8 Å². The SMILES string of the molecule is CCN(CC)CCCN(CC)c1nc(NC)ncc1C. The Hall–Kier alpha value is -1.36. The van der Waals surface area contributed by atoms with Gasteiger partial charge in [-0.05, 0) is 39.9 Å². The molecule has 0 saturated carbocycles. The van der Waals surface area contributed by atoms with E-state index in [-0.39, 0.29) is 0 Å².